The molecule has 1 fully saturated rings. The zero-order valence-corrected chi connectivity index (χ0v) is 15.7. The van der Waals surface area contributed by atoms with E-state index < -0.39 is 6.03 Å². The first-order valence-corrected chi connectivity index (χ1v) is 9.13. The molecule has 25 heavy (non-hydrogen) atoms. The number of carbonyl (C=O) groups excluding carboxylic acids is 2. The SMILES string of the molecule is CC[C@H](C)NC(=O)NC(=O)CN1CCN(Cc2ccc(Cl)cc2)CC1. The summed E-state index contributed by atoms with van der Waals surface area (Å²) < 4.78 is 0. The van der Waals surface area contributed by atoms with E-state index in [9.17, 15) is 9.59 Å². The molecule has 2 rings (SSSR count). The second-order valence-electron chi connectivity index (χ2n) is 6.51. The summed E-state index contributed by atoms with van der Waals surface area (Å²) >= 11 is 5.91. The molecule has 0 radical (unpaired) electrons. The van der Waals surface area contributed by atoms with Crippen LogP contribution in [0.5, 0.6) is 0 Å². The maximum Gasteiger partial charge on any atom is 0.321 e. The average molecular weight is 367 g/mol. The van der Waals surface area contributed by atoms with Crippen molar-refractivity contribution in [3.63, 3.8) is 0 Å². The smallest absolute Gasteiger partial charge is 0.321 e. The first-order valence-electron chi connectivity index (χ1n) is 8.75. The highest BCUT2D eigenvalue weighted by Crippen LogP contribution is 2.12. The number of imide groups is 1. The molecule has 0 saturated carbocycles. The van der Waals surface area contributed by atoms with E-state index in [4.69, 9.17) is 11.6 Å². The summed E-state index contributed by atoms with van der Waals surface area (Å²) in [6.07, 6.45) is 0.831. The van der Waals surface area contributed by atoms with Crippen molar-refractivity contribution in [3.8, 4) is 0 Å². The summed E-state index contributed by atoms with van der Waals surface area (Å²) in [5, 5.41) is 5.87. The largest absolute Gasteiger partial charge is 0.335 e. The minimum absolute atomic E-state index is 0.0595. The van der Waals surface area contributed by atoms with Gasteiger partial charge in [0, 0.05) is 43.8 Å². The van der Waals surface area contributed by atoms with Crippen molar-refractivity contribution in [1.29, 1.82) is 0 Å². The Morgan fingerprint density at radius 1 is 1.12 bits per heavy atom. The summed E-state index contributed by atoms with van der Waals surface area (Å²) in [4.78, 5) is 28.0. The van der Waals surface area contributed by atoms with Gasteiger partial charge in [-0.2, -0.15) is 0 Å². The van der Waals surface area contributed by atoms with E-state index in [-0.39, 0.29) is 18.5 Å². The van der Waals surface area contributed by atoms with Crippen LogP contribution in [0.15, 0.2) is 24.3 Å². The fourth-order valence-electron chi connectivity index (χ4n) is 2.68. The van der Waals surface area contributed by atoms with Crippen LogP contribution in [0.4, 0.5) is 4.79 Å². The molecular formula is C18H27ClN4O2. The van der Waals surface area contributed by atoms with Crippen LogP contribution in [-0.4, -0.2) is 60.5 Å². The number of rotatable bonds is 6. The van der Waals surface area contributed by atoms with E-state index in [1.807, 2.05) is 38.1 Å². The van der Waals surface area contributed by atoms with Crippen LogP contribution in [0.2, 0.25) is 5.02 Å². The number of nitrogens with zero attached hydrogens (tertiary/aromatic N) is 2. The van der Waals surface area contributed by atoms with Crippen LogP contribution in [0.3, 0.4) is 0 Å². The lowest BCUT2D eigenvalue weighted by molar-refractivity contribution is -0.121. The van der Waals surface area contributed by atoms with Gasteiger partial charge in [-0.05, 0) is 31.0 Å². The van der Waals surface area contributed by atoms with Crippen LogP contribution in [0.25, 0.3) is 0 Å². The predicted octanol–water partition coefficient (Wildman–Crippen LogP) is 2.08. The molecule has 1 heterocycles. The molecule has 1 saturated heterocycles. The number of hydrogen-bond donors (Lipinski definition) is 2. The van der Waals surface area contributed by atoms with E-state index in [0.29, 0.717) is 0 Å². The number of urea groups is 1. The van der Waals surface area contributed by atoms with Gasteiger partial charge in [-0.3, -0.25) is 19.9 Å². The molecule has 1 atom stereocenters. The Bertz CT molecular complexity index is 571. The standard InChI is InChI=1S/C18H27ClN4O2/c1-3-14(2)20-18(25)21-17(24)13-23-10-8-22(9-11-23)12-15-4-6-16(19)7-5-15/h4-7,14H,3,8-13H2,1-2H3,(H2,20,21,24,25)/t14-/m0/s1. The molecule has 6 nitrogen and oxygen atoms in total. The van der Waals surface area contributed by atoms with Crippen LogP contribution in [0, 0.1) is 0 Å². The summed E-state index contributed by atoms with van der Waals surface area (Å²) in [6, 6.07) is 7.53. The third kappa shape index (κ3) is 7.02. The fourth-order valence-corrected chi connectivity index (χ4v) is 2.81. The summed E-state index contributed by atoms with van der Waals surface area (Å²) in [5.74, 6) is -0.257. The maximum absolute atomic E-state index is 12.0. The van der Waals surface area contributed by atoms with E-state index in [0.717, 1.165) is 44.2 Å². The topological polar surface area (TPSA) is 64.7 Å². The van der Waals surface area contributed by atoms with Crippen LogP contribution in [-0.2, 0) is 11.3 Å². The van der Waals surface area contributed by atoms with Gasteiger partial charge in [0.1, 0.15) is 0 Å². The van der Waals surface area contributed by atoms with E-state index in [1.165, 1.54) is 5.56 Å². The molecule has 1 aliphatic rings. The Labute approximate surface area is 154 Å². The summed E-state index contributed by atoms with van der Waals surface area (Å²) in [7, 11) is 0. The molecule has 0 aliphatic carbocycles. The van der Waals surface area contributed by atoms with Gasteiger partial charge < -0.3 is 5.32 Å². The first-order chi connectivity index (χ1) is 12.0. The van der Waals surface area contributed by atoms with Gasteiger partial charge in [-0.15, -0.1) is 0 Å². The Balaban J connectivity index is 1.68. The zero-order valence-electron chi connectivity index (χ0n) is 14.9. The number of nitrogens with one attached hydrogen (secondary N) is 2. The van der Waals surface area contributed by atoms with Gasteiger partial charge >= 0.3 is 6.03 Å². The van der Waals surface area contributed by atoms with Gasteiger partial charge in [0.2, 0.25) is 5.91 Å². The van der Waals surface area contributed by atoms with Gasteiger partial charge in [0.25, 0.3) is 0 Å². The average Bonchev–Trinajstić information content (AvgIpc) is 2.58. The maximum atomic E-state index is 12.0. The molecule has 1 aromatic rings. The molecule has 7 heteroatoms. The second-order valence-corrected chi connectivity index (χ2v) is 6.95. The summed E-state index contributed by atoms with van der Waals surface area (Å²) in [6.45, 7) is 8.45. The minimum Gasteiger partial charge on any atom is -0.335 e. The van der Waals surface area contributed by atoms with E-state index >= 15 is 0 Å². The molecule has 0 bridgehead atoms. The highest BCUT2D eigenvalue weighted by Gasteiger charge is 2.20. The fraction of sp³-hybridized carbons (Fsp3) is 0.556. The van der Waals surface area contributed by atoms with Gasteiger partial charge in [-0.25, -0.2) is 4.79 Å². The number of piperazine rings is 1. The van der Waals surface area contributed by atoms with Crippen molar-refractivity contribution in [2.45, 2.75) is 32.9 Å². The molecule has 0 unspecified atom stereocenters. The number of benzene rings is 1. The minimum atomic E-state index is -0.416. The molecule has 1 aliphatic heterocycles. The van der Waals surface area contributed by atoms with E-state index in [1.54, 1.807) is 0 Å². The van der Waals surface area contributed by atoms with Gasteiger partial charge in [0.15, 0.2) is 0 Å². The van der Waals surface area contributed by atoms with Crippen molar-refractivity contribution >= 4 is 23.5 Å². The zero-order chi connectivity index (χ0) is 18.2. The van der Waals surface area contributed by atoms with Crippen molar-refractivity contribution in [3.05, 3.63) is 34.9 Å². The molecule has 0 aromatic heterocycles. The quantitative estimate of drug-likeness (QED) is 0.809. The highest BCUT2D eigenvalue weighted by atomic mass is 35.5. The second kappa shape index (κ2) is 9.75. The summed E-state index contributed by atoms with van der Waals surface area (Å²) in [5.41, 5.74) is 1.23. The number of halogens is 1. The van der Waals surface area contributed by atoms with Crippen molar-refractivity contribution in [1.82, 2.24) is 20.4 Å². The van der Waals surface area contributed by atoms with Gasteiger partial charge in [0.05, 0.1) is 6.54 Å². The third-order valence-corrected chi connectivity index (χ3v) is 4.65. The normalized spacial score (nSPS) is 17.1. The Morgan fingerprint density at radius 3 is 2.32 bits per heavy atom. The Hall–Kier alpha value is -1.63. The van der Waals surface area contributed by atoms with Crippen molar-refractivity contribution in [2.75, 3.05) is 32.7 Å². The first kappa shape index (κ1) is 19.7. The molecule has 1 aromatic carbocycles. The molecule has 2 N–H and O–H groups in total. The monoisotopic (exact) mass is 366 g/mol. The Kier molecular flexibility index (Phi) is 7.68. The number of amides is 3. The predicted molar refractivity (Wildman–Crippen MR) is 99.6 cm³/mol. The van der Waals surface area contributed by atoms with Crippen LogP contribution in [0.1, 0.15) is 25.8 Å². The Morgan fingerprint density at radius 2 is 1.72 bits per heavy atom. The lowest BCUT2D eigenvalue weighted by Crippen LogP contribution is -2.51. The number of hydrogen-bond acceptors (Lipinski definition) is 4. The highest BCUT2D eigenvalue weighted by molar-refractivity contribution is 6.30. The molecule has 0 spiro atoms. The van der Waals surface area contributed by atoms with Crippen LogP contribution < -0.4 is 10.6 Å². The third-order valence-electron chi connectivity index (χ3n) is 4.39. The molecule has 138 valence electrons. The lowest BCUT2D eigenvalue weighted by Gasteiger charge is -2.34. The molecular weight excluding hydrogens is 340 g/mol. The van der Waals surface area contributed by atoms with Crippen LogP contribution >= 0.6 is 11.6 Å². The van der Waals surface area contributed by atoms with E-state index in [2.05, 4.69) is 20.4 Å². The lowest BCUT2D eigenvalue weighted by atomic mass is 10.2. The van der Waals surface area contributed by atoms with Crippen molar-refractivity contribution < 1.29 is 9.59 Å². The van der Waals surface area contributed by atoms with Crippen molar-refractivity contribution in [2.24, 2.45) is 0 Å². The molecule has 3 amide bonds. The van der Waals surface area contributed by atoms with Gasteiger partial charge in [-0.1, -0.05) is 30.7 Å². The number of carbonyl (C=O) groups is 2.